The second-order valence-corrected chi connectivity index (χ2v) is 3.70. The highest BCUT2D eigenvalue weighted by atomic mass is 16.5. The predicted octanol–water partition coefficient (Wildman–Crippen LogP) is 1.82. The molecule has 1 unspecified atom stereocenters. The van der Waals surface area contributed by atoms with Crippen LogP contribution in [0.5, 0.6) is 0 Å². The van der Waals surface area contributed by atoms with Gasteiger partial charge in [0, 0.05) is 5.56 Å². The van der Waals surface area contributed by atoms with Gasteiger partial charge in [-0.3, -0.25) is 4.79 Å². The Morgan fingerprint density at radius 2 is 2.11 bits per heavy atom. The number of rotatable bonds is 4. The molecule has 2 aromatic rings. The van der Waals surface area contributed by atoms with Crippen LogP contribution in [0.2, 0.25) is 0 Å². The maximum absolute atomic E-state index is 11.8. The molecule has 0 saturated carbocycles. The van der Waals surface area contributed by atoms with Crippen LogP contribution in [0.25, 0.3) is 11.4 Å². The minimum atomic E-state index is -0.751. The van der Waals surface area contributed by atoms with Gasteiger partial charge in [0.2, 0.25) is 11.6 Å². The van der Waals surface area contributed by atoms with Gasteiger partial charge in [0.1, 0.15) is 0 Å². The molecule has 18 heavy (non-hydrogen) atoms. The Labute approximate surface area is 104 Å². The van der Waals surface area contributed by atoms with Crippen molar-refractivity contribution in [3.63, 3.8) is 0 Å². The molecule has 1 atom stereocenters. The maximum Gasteiger partial charge on any atom is 0.296 e. The molecule has 5 nitrogen and oxygen atoms in total. The summed E-state index contributed by atoms with van der Waals surface area (Å²) in [5.74, 6) is -0.0751. The van der Waals surface area contributed by atoms with Crippen LogP contribution in [-0.2, 0) is 0 Å². The standard InChI is InChI=1S/C13H13N3O2/c1-2-6-10(14)11(17)13-15-12(16-18-13)9-7-4-3-5-8-9/h2-8,10H,14H2,1H3/b6-2+. The normalized spacial score (nSPS) is 12.8. The largest absolute Gasteiger partial charge is 0.330 e. The van der Waals surface area contributed by atoms with E-state index in [1.807, 2.05) is 30.3 Å². The van der Waals surface area contributed by atoms with Crippen LogP contribution in [0, 0.1) is 0 Å². The molecule has 1 aromatic heterocycles. The Morgan fingerprint density at radius 3 is 2.78 bits per heavy atom. The molecular weight excluding hydrogens is 230 g/mol. The van der Waals surface area contributed by atoms with Gasteiger partial charge in [0.15, 0.2) is 0 Å². The molecule has 92 valence electrons. The molecule has 0 aliphatic heterocycles. The molecule has 0 aliphatic carbocycles. The number of carbonyl (C=O) groups is 1. The zero-order chi connectivity index (χ0) is 13.0. The topological polar surface area (TPSA) is 82.0 Å². The molecule has 5 heteroatoms. The first-order valence-corrected chi connectivity index (χ1v) is 5.54. The summed E-state index contributed by atoms with van der Waals surface area (Å²) < 4.78 is 4.92. The van der Waals surface area contributed by atoms with E-state index in [1.54, 1.807) is 19.1 Å². The fourth-order valence-electron chi connectivity index (χ4n) is 1.47. The average molecular weight is 243 g/mol. The SMILES string of the molecule is C/C=C/C(N)C(=O)c1nc(-c2ccccc2)no1. The minimum Gasteiger partial charge on any atom is -0.330 e. The number of nitrogens with two attached hydrogens (primary N) is 1. The number of carbonyl (C=O) groups excluding carboxylic acids is 1. The third kappa shape index (κ3) is 2.52. The highest BCUT2D eigenvalue weighted by Crippen LogP contribution is 2.15. The summed E-state index contributed by atoms with van der Waals surface area (Å²) >= 11 is 0. The lowest BCUT2D eigenvalue weighted by Gasteiger charge is -1.99. The zero-order valence-corrected chi connectivity index (χ0v) is 9.91. The molecule has 0 fully saturated rings. The van der Waals surface area contributed by atoms with Gasteiger partial charge in [-0.2, -0.15) is 4.98 Å². The van der Waals surface area contributed by atoms with E-state index in [0.29, 0.717) is 5.82 Å². The summed E-state index contributed by atoms with van der Waals surface area (Å²) in [6, 6.07) is 8.53. The Morgan fingerprint density at radius 1 is 1.39 bits per heavy atom. The highest BCUT2D eigenvalue weighted by Gasteiger charge is 2.20. The lowest BCUT2D eigenvalue weighted by molar-refractivity contribution is 0.0935. The predicted molar refractivity (Wildman–Crippen MR) is 66.9 cm³/mol. The van der Waals surface area contributed by atoms with Crippen molar-refractivity contribution in [1.29, 1.82) is 0 Å². The number of hydrogen-bond acceptors (Lipinski definition) is 5. The van der Waals surface area contributed by atoms with Gasteiger partial charge in [-0.15, -0.1) is 0 Å². The van der Waals surface area contributed by atoms with Crippen molar-refractivity contribution in [1.82, 2.24) is 10.1 Å². The quantitative estimate of drug-likeness (QED) is 0.654. The van der Waals surface area contributed by atoms with Crippen LogP contribution in [-0.4, -0.2) is 22.0 Å². The number of hydrogen-bond donors (Lipinski definition) is 1. The Kier molecular flexibility index (Phi) is 3.64. The van der Waals surface area contributed by atoms with E-state index in [0.717, 1.165) is 5.56 Å². The zero-order valence-electron chi connectivity index (χ0n) is 9.91. The van der Waals surface area contributed by atoms with Gasteiger partial charge in [-0.25, -0.2) is 0 Å². The first kappa shape index (κ1) is 12.2. The first-order chi connectivity index (χ1) is 8.72. The number of aromatic nitrogens is 2. The van der Waals surface area contributed by atoms with Crippen LogP contribution in [0.1, 0.15) is 17.6 Å². The van der Waals surface area contributed by atoms with E-state index < -0.39 is 6.04 Å². The summed E-state index contributed by atoms with van der Waals surface area (Å²) in [7, 11) is 0. The Bertz CT molecular complexity index is 561. The van der Waals surface area contributed by atoms with Crippen molar-refractivity contribution in [2.75, 3.05) is 0 Å². The smallest absolute Gasteiger partial charge is 0.296 e. The fourth-order valence-corrected chi connectivity index (χ4v) is 1.47. The third-order valence-corrected chi connectivity index (χ3v) is 2.37. The van der Waals surface area contributed by atoms with Gasteiger partial charge < -0.3 is 10.3 Å². The Balaban J connectivity index is 2.24. The molecule has 2 N–H and O–H groups in total. The van der Waals surface area contributed by atoms with Gasteiger partial charge in [0.25, 0.3) is 5.89 Å². The fraction of sp³-hybridized carbons (Fsp3) is 0.154. The van der Waals surface area contributed by atoms with Crippen LogP contribution in [0.4, 0.5) is 0 Å². The molecule has 0 radical (unpaired) electrons. The van der Waals surface area contributed by atoms with E-state index in [1.165, 1.54) is 0 Å². The summed E-state index contributed by atoms with van der Waals surface area (Å²) in [6.45, 7) is 1.79. The molecule has 0 bridgehead atoms. The minimum absolute atomic E-state index is 0.0700. The maximum atomic E-state index is 11.8. The van der Waals surface area contributed by atoms with Crippen molar-refractivity contribution >= 4 is 5.78 Å². The molecular formula is C13H13N3O2. The van der Waals surface area contributed by atoms with Gasteiger partial charge in [-0.1, -0.05) is 47.6 Å². The number of benzene rings is 1. The molecule has 0 aliphatic rings. The lowest BCUT2D eigenvalue weighted by atomic mass is 10.2. The van der Waals surface area contributed by atoms with Crippen molar-refractivity contribution < 1.29 is 9.32 Å². The van der Waals surface area contributed by atoms with E-state index in [-0.39, 0.29) is 11.7 Å². The van der Waals surface area contributed by atoms with Crippen molar-refractivity contribution in [3.05, 3.63) is 48.4 Å². The molecule has 1 aromatic carbocycles. The average Bonchev–Trinajstić information content (AvgIpc) is 2.89. The van der Waals surface area contributed by atoms with Crippen LogP contribution >= 0.6 is 0 Å². The number of Topliss-reactive ketones (excluding diaryl/α,β-unsaturated/α-hetero) is 1. The van der Waals surface area contributed by atoms with E-state index in [2.05, 4.69) is 10.1 Å². The molecule has 0 spiro atoms. The Hall–Kier alpha value is -2.27. The second kappa shape index (κ2) is 5.37. The number of allylic oxidation sites excluding steroid dienone is 1. The van der Waals surface area contributed by atoms with Gasteiger partial charge in [0.05, 0.1) is 6.04 Å². The molecule has 2 rings (SSSR count). The molecule has 0 amide bonds. The van der Waals surface area contributed by atoms with E-state index >= 15 is 0 Å². The van der Waals surface area contributed by atoms with E-state index in [9.17, 15) is 4.79 Å². The third-order valence-electron chi connectivity index (χ3n) is 2.37. The van der Waals surface area contributed by atoms with Crippen LogP contribution in [0.15, 0.2) is 47.0 Å². The summed E-state index contributed by atoms with van der Waals surface area (Å²) in [5.41, 5.74) is 6.44. The molecule has 0 saturated heterocycles. The highest BCUT2D eigenvalue weighted by molar-refractivity contribution is 5.97. The number of ketones is 1. The summed E-state index contributed by atoms with van der Waals surface area (Å²) in [6.07, 6.45) is 3.28. The second-order valence-electron chi connectivity index (χ2n) is 3.70. The number of nitrogens with zero attached hydrogens (tertiary/aromatic N) is 2. The monoisotopic (exact) mass is 243 g/mol. The summed E-state index contributed by atoms with van der Waals surface area (Å²) in [5, 5.41) is 3.76. The van der Waals surface area contributed by atoms with Crippen molar-refractivity contribution in [2.24, 2.45) is 5.73 Å². The van der Waals surface area contributed by atoms with Crippen molar-refractivity contribution in [3.8, 4) is 11.4 Å². The summed E-state index contributed by atoms with van der Waals surface area (Å²) in [4.78, 5) is 15.8. The van der Waals surface area contributed by atoms with Crippen LogP contribution in [0.3, 0.4) is 0 Å². The van der Waals surface area contributed by atoms with Crippen molar-refractivity contribution in [2.45, 2.75) is 13.0 Å². The first-order valence-electron chi connectivity index (χ1n) is 5.54. The van der Waals surface area contributed by atoms with Crippen LogP contribution < -0.4 is 5.73 Å². The van der Waals surface area contributed by atoms with Gasteiger partial charge >= 0.3 is 0 Å². The lowest BCUT2D eigenvalue weighted by Crippen LogP contribution is -2.28. The molecule has 1 heterocycles. The van der Waals surface area contributed by atoms with Gasteiger partial charge in [-0.05, 0) is 6.92 Å². The van der Waals surface area contributed by atoms with E-state index in [4.69, 9.17) is 10.3 Å².